The van der Waals surface area contributed by atoms with Gasteiger partial charge in [-0.1, -0.05) is 6.07 Å². The van der Waals surface area contributed by atoms with Gasteiger partial charge in [0.15, 0.2) is 11.6 Å². The van der Waals surface area contributed by atoms with Crippen molar-refractivity contribution in [2.24, 2.45) is 7.05 Å². The van der Waals surface area contributed by atoms with Crippen LogP contribution in [0.3, 0.4) is 0 Å². The fraction of sp³-hybridized carbons (Fsp3) is 0.167. The van der Waals surface area contributed by atoms with Crippen LogP contribution in [0.5, 0.6) is 0 Å². The third-order valence-corrected chi connectivity index (χ3v) is 4.17. The highest BCUT2D eigenvalue weighted by molar-refractivity contribution is 5.87. The zero-order valence-electron chi connectivity index (χ0n) is 14.4. The first kappa shape index (κ1) is 18.0. The number of nitrogens with one attached hydrogen (secondary N) is 2. The molecule has 0 fully saturated rings. The van der Waals surface area contributed by atoms with Gasteiger partial charge in [0, 0.05) is 29.6 Å². The second-order valence-corrected chi connectivity index (χ2v) is 6.31. The largest absolute Gasteiger partial charge is 0.405 e. The number of hydrogen-bond donors (Lipinski definition) is 2. The Morgan fingerprint density at radius 3 is 2.71 bits per heavy atom. The van der Waals surface area contributed by atoms with Gasteiger partial charge in [-0.15, -0.1) is 0 Å². The van der Waals surface area contributed by atoms with Crippen LogP contribution in [0.2, 0.25) is 0 Å². The van der Waals surface area contributed by atoms with E-state index in [1.807, 2.05) is 5.32 Å². The Bertz CT molecular complexity index is 1260. The lowest BCUT2D eigenvalue weighted by molar-refractivity contribution is -0.115. The Kier molecular flexibility index (Phi) is 4.06. The highest BCUT2D eigenvalue weighted by atomic mass is 19.4. The predicted octanol–water partition coefficient (Wildman–Crippen LogP) is 3.59. The molecular weight excluding hydrogens is 378 g/mol. The first-order valence-corrected chi connectivity index (χ1v) is 8.17. The van der Waals surface area contributed by atoms with E-state index in [2.05, 4.69) is 15.1 Å². The topological polar surface area (TPSA) is 75.6 Å². The van der Waals surface area contributed by atoms with Gasteiger partial charge in [0.2, 0.25) is 0 Å². The number of alkyl halides is 3. The molecular formula is C18H13F4N5O. The van der Waals surface area contributed by atoms with E-state index in [1.54, 1.807) is 36.1 Å². The molecule has 0 saturated heterocycles. The molecule has 0 atom stereocenters. The maximum Gasteiger partial charge on any atom is 0.405 e. The van der Waals surface area contributed by atoms with Crippen molar-refractivity contribution in [3.05, 3.63) is 52.7 Å². The normalized spacial score (nSPS) is 12.0. The Hall–Kier alpha value is -3.43. The first-order valence-electron chi connectivity index (χ1n) is 8.17. The fourth-order valence-electron chi connectivity index (χ4n) is 2.95. The summed E-state index contributed by atoms with van der Waals surface area (Å²) in [6.45, 7) is -1.43. The van der Waals surface area contributed by atoms with Crippen LogP contribution in [0.4, 0.5) is 23.4 Å². The number of halogens is 4. The van der Waals surface area contributed by atoms with Crippen LogP contribution in [0, 0.1) is 5.82 Å². The highest BCUT2D eigenvalue weighted by Crippen LogP contribution is 2.25. The van der Waals surface area contributed by atoms with Crippen molar-refractivity contribution in [1.29, 1.82) is 0 Å². The van der Waals surface area contributed by atoms with Crippen molar-refractivity contribution in [3.8, 4) is 11.1 Å². The molecule has 0 saturated carbocycles. The highest BCUT2D eigenvalue weighted by Gasteiger charge is 2.27. The van der Waals surface area contributed by atoms with Crippen LogP contribution >= 0.6 is 0 Å². The molecule has 28 heavy (non-hydrogen) atoms. The summed E-state index contributed by atoms with van der Waals surface area (Å²) in [5.41, 5.74) is 1.15. The summed E-state index contributed by atoms with van der Waals surface area (Å²) in [5, 5.41) is 7.24. The van der Waals surface area contributed by atoms with Crippen molar-refractivity contribution in [1.82, 2.24) is 19.7 Å². The predicted molar refractivity (Wildman–Crippen MR) is 96.6 cm³/mol. The summed E-state index contributed by atoms with van der Waals surface area (Å²) in [6.07, 6.45) is -2.72. The Morgan fingerprint density at radius 1 is 1.18 bits per heavy atom. The molecule has 2 N–H and O–H groups in total. The summed E-state index contributed by atoms with van der Waals surface area (Å²) in [7, 11) is 1.78. The van der Waals surface area contributed by atoms with Crippen molar-refractivity contribution in [3.63, 3.8) is 0 Å². The minimum Gasteiger partial charge on any atom is -0.359 e. The third kappa shape index (κ3) is 3.40. The second kappa shape index (κ2) is 6.32. The summed E-state index contributed by atoms with van der Waals surface area (Å²) in [4.78, 5) is 18.7. The summed E-state index contributed by atoms with van der Waals surface area (Å²) in [6, 6.07) is 7.74. The smallest absolute Gasteiger partial charge is 0.359 e. The molecule has 144 valence electrons. The monoisotopic (exact) mass is 391 g/mol. The number of anilines is 1. The molecule has 0 aliphatic heterocycles. The molecule has 10 heteroatoms. The molecule has 0 aliphatic carbocycles. The van der Waals surface area contributed by atoms with Gasteiger partial charge in [-0.05, 0) is 29.8 Å². The Labute approximate surface area is 154 Å². The van der Waals surface area contributed by atoms with Gasteiger partial charge in [0.05, 0.1) is 5.52 Å². The van der Waals surface area contributed by atoms with Crippen LogP contribution in [0.25, 0.3) is 33.1 Å². The molecule has 3 aromatic heterocycles. The average Bonchev–Trinajstić information content (AvgIpc) is 2.98. The SMILES string of the molecule is Cn1cc2cc(-c3cc4cc(F)c(NCC(F)(F)F)nc4[nH]c3=O)ccc2n1. The lowest BCUT2D eigenvalue weighted by Crippen LogP contribution is -2.22. The molecule has 1 aromatic carbocycles. The van der Waals surface area contributed by atoms with Gasteiger partial charge < -0.3 is 10.3 Å². The molecule has 0 spiro atoms. The lowest BCUT2D eigenvalue weighted by atomic mass is 10.0. The zero-order valence-corrected chi connectivity index (χ0v) is 14.4. The maximum absolute atomic E-state index is 14.1. The molecule has 0 unspecified atom stereocenters. The van der Waals surface area contributed by atoms with Crippen LogP contribution in [0.15, 0.2) is 41.3 Å². The molecule has 0 amide bonds. The number of benzene rings is 1. The van der Waals surface area contributed by atoms with Gasteiger partial charge >= 0.3 is 6.18 Å². The Morgan fingerprint density at radius 2 is 1.96 bits per heavy atom. The zero-order chi connectivity index (χ0) is 20.1. The molecule has 0 radical (unpaired) electrons. The number of aryl methyl sites for hydroxylation is 1. The summed E-state index contributed by atoms with van der Waals surface area (Å²) >= 11 is 0. The number of pyridine rings is 2. The van der Waals surface area contributed by atoms with E-state index in [9.17, 15) is 22.4 Å². The number of fused-ring (bicyclic) bond motifs is 2. The maximum atomic E-state index is 14.1. The van der Waals surface area contributed by atoms with E-state index in [0.717, 1.165) is 17.0 Å². The van der Waals surface area contributed by atoms with E-state index in [-0.39, 0.29) is 16.6 Å². The Balaban J connectivity index is 1.78. The molecule has 0 aliphatic rings. The third-order valence-electron chi connectivity index (χ3n) is 4.17. The first-order chi connectivity index (χ1) is 13.2. The lowest BCUT2D eigenvalue weighted by Gasteiger charge is -2.11. The van der Waals surface area contributed by atoms with E-state index >= 15 is 0 Å². The standard InChI is InChI=1S/C18H13F4N5O/c1-27-7-11-4-9(2-3-14(11)26-27)12-5-10-6-13(19)16(23-8-18(20,21)22)24-15(10)25-17(12)28/h2-7H,8H2,1H3,(H2,23,24,25,28). The number of hydrogen-bond acceptors (Lipinski definition) is 4. The van der Waals surface area contributed by atoms with Gasteiger partial charge in [-0.3, -0.25) is 9.48 Å². The van der Waals surface area contributed by atoms with Gasteiger partial charge in [-0.2, -0.15) is 18.3 Å². The van der Waals surface area contributed by atoms with Crippen molar-refractivity contribution in [2.45, 2.75) is 6.18 Å². The van der Waals surface area contributed by atoms with E-state index in [4.69, 9.17) is 0 Å². The quantitative estimate of drug-likeness (QED) is 0.524. The average molecular weight is 391 g/mol. The minimum atomic E-state index is -4.52. The number of rotatable bonds is 3. The molecule has 4 rings (SSSR count). The fourth-order valence-corrected chi connectivity index (χ4v) is 2.95. The molecule has 6 nitrogen and oxygen atoms in total. The van der Waals surface area contributed by atoms with Gasteiger partial charge in [-0.25, -0.2) is 9.37 Å². The molecule has 3 heterocycles. The number of aromatic amines is 1. The van der Waals surface area contributed by atoms with Crippen molar-refractivity contribution >= 4 is 27.8 Å². The van der Waals surface area contributed by atoms with Crippen molar-refractivity contribution < 1.29 is 17.6 Å². The van der Waals surface area contributed by atoms with E-state index in [0.29, 0.717) is 5.56 Å². The van der Waals surface area contributed by atoms with E-state index in [1.165, 1.54) is 6.07 Å². The van der Waals surface area contributed by atoms with E-state index < -0.39 is 29.9 Å². The number of aromatic nitrogens is 4. The minimum absolute atomic E-state index is 0.0118. The molecule has 4 aromatic rings. The number of H-pyrrole nitrogens is 1. The second-order valence-electron chi connectivity index (χ2n) is 6.31. The van der Waals surface area contributed by atoms with Crippen LogP contribution < -0.4 is 10.9 Å². The van der Waals surface area contributed by atoms with Gasteiger partial charge in [0.25, 0.3) is 5.56 Å². The molecule has 0 bridgehead atoms. The summed E-state index contributed by atoms with van der Waals surface area (Å²) in [5.74, 6) is -1.53. The number of nitrogens with zero attached hydrogens (tertiary/aromatic N) is 3. The van der Waals surface area contributed by atoms with Gasteiger partial charge in [0.1, 0.15) is 12.2 Å². The van der Waals surface area contributed by atoms with Crippen LogP contribution in [-0.4, -0.2) is 32.5 Å². The van der Waals surface area contributed by atoms with Crippen LogP contribution in [0.1, 0.15) is 0 Å². The summed E-state index contributed by atoms with van der Waals surface area (Å²) < 4.78 is 52.8. The van der Waals surface area contributed by atoms with Crippen molar-refractivity contribution in [2.75, 3.05) is 11.9 Å². The van der Waals surface area contributed by atoms with Crippen LogP contribution in [-0.2, 0) is 7.05 Å².